The predicted molar refractivity (Wildman–Crippen MR) is 57.1 cm³/mol. The van der Waals surface area contributed by atoms with E-state index < -0.39 is 6.09 Å². The molecule has 0 saturated heterocycles. The van der Waals surface area contributed by atoms with Crippen LogP contribution in [0.1, 0.15) is 17.3 Å². The molecule has 80 valence electrons. The van der Waals surface area contributed by atoms with Gasteiger partial charge in [-0.05, 0) is 29.7 Å². The Bertz CT molecular complexity index is 395. The maximum absolute atomic E-state index is 10.6. The molecular weight excluding hydrogens is 216 g/mol. The lowest BCUT2D eigenvalue weighted by Crippen LogP contribution is -2.41. The summed E-state index contributed by atoms with van der Waals surface area (Å²) in [4.78, 5) is 10.6. The quantitative estimate of drug-likeness (QED) is 0.684. The summed E-state index contributed by atoms with van der Waals surface area (Å²) < 4.78 is 0. The monoisotopic (exact) mass is 226 g/mol. The first-order chi connectivity index (χ1) is 7.16. The lowest BCUT2D eigenvalue weighted by molar-refractivity contribution is 0.186. The van der Waals surface area contributed by atoms with Crippen LogP contribution < -0.4 is 10.6 Å². The van der Waals surface area contributed by atoms with Gasteiger partial charge in [-0.2, -0.15) is 0 Å². The molecule has 0 fully saturated rings. The lowest BCUT2D eigenvalue weighted by Gasteiger charge is -2.26. The number of halogens is 1. The van der Waals surface area contributed by atoms with Crippen molar-refractivity contribution in [3.8, 4) is 0 Å². The Morgan fingerprint density at radius 3 is 3.13 bits per heavy atom. The Kier molecular flexibility index (Phi) is 2.79. The van der Waals surface area contributed by atoms with Gasteiger partial charge in [-0.3, -0.25) is 5.32 Å². The molecule has 1 amide bonds. The minimum Gasteiger partial charge on any atom is -0.465 e. The fraction of sp³-hybridized carbons (Fsp3) is 0.300. The normalized spacial score (nSPS) is 19.4. The van der Waals surface area contributed by atoms with Gasteiger partial charge in [-0.25, -0.2) is 4.79 Å². The summed E-state index contributed by atoms with van der Waals surface area (Å²) in [6.07, 6.45) is -0.505. The summed E-state index contributed by atoms with van der Waals surface area (Å²) in [5.74, 6) is 0. The van der Waals surface area contributed by atoms with Gasteiger partial charge in [0.2, 0.25) is 0 Å². The standard InChI is InChI=1S/C10H11ClN2O2/c11-7-2-1-6-3-4-12-9(8(6)5-7)13-10(14)15/h1-2,5,9,12-13H,3-4H2,(H,14,15). The molecule has 0 radical (unpaired) electrons. The van der Waals surface area contributed by atoms with Crippen molar-refractivity contribution >= 4 is 17.7 Å². The molecule has 5 heteroatoms. The summed E-state index contributed by atoms with van der Waals surface area (Å²) >= 11 is 5.88. The molecule has 15 heavy (non-hydrogen) atoms. The lowest BCUT2D eigenvalue weighted by atomic mass is 9.98. The van der Waals surface area contributed by atoms with Crippen LogP contribution in [0.25, 0.3) is 0 Å². The van der Waals surface area contributed by atoms with Crippen molar-refractivity contribution < 1.29 is 9.90 Å². The summed E-state index contributed by atoms with van der Waals surface area (Å²) in [5.41, 5.74) is 2.05. The SMILES string of the molecule is O=C(O)NC1NCCc2ccc(Cl)cc21. The first-order valence-electron chi connectivity index (χ1n) is 4.68. The smallest absolute Gasteiger partial charge is 0.406 e. The molecule has 1 aliphatic rings. The molecule has 1 atom stereocenters. The van der Waals surface area contributed by atoms with E-state index in [4.69, 9.17) is 16.7 Å². The Hall–Kier alpha value is -1.26. The number of hydrogen-bond donors (Lipinski definition) is 3. The second kappa shape index (κ2) is 4.08. The largest absolute Gasteiger partial charge is 0.465 e. The van der Waals surface area contributed by atoms with Gasteiger partial charge in [-0.1, -0.05) is 17.7 Å². The Morgan fingerprint density at radius 2 is 2.40 bits per heavy atom. The average molecular weight is 227 g/mol. The third kappa shape index (κ3) is 2.22. The minimum absolute atomic E-state index is 0.357. The van der Waals surface area contributed by atoms with Crippen LogP contribution in [-0.2, 0) is 6.42 Å². The van der Waals surface area contributed by atoms with Crippen LogP contribution in [0.2, 0.25) is 5.02 Å². The first kappa shape index (κ1) is 10.3. The second-order valence-electron chi connectivity index (χ2n) is 3.43. The van der Waals surface area contributed by atoms with E-state index in [1.807, 2.05) is 12.1 Å². The Morgan fingerprint density at radius 1 is 1.60 bits per heavy atom. The minimum atomic E-state index is -1.04. The molecule has 0 aromatic heterocycles. The maximum atomic E-state index is 10.6. The molecule has 0 spiro atoms. The van der Waals surface area contributed by atoms with Crippen molar-refractivity contribution in [1.82, 2.24) is 10.6 Å². The highest BCUT2D eigenvalue weighted by atomic mass is 35.5. The molecule has 0 bridgehead atoms. The van der Waals surface area contributed by atoms with Crippen LogP contribution in [0, 0.1) is 0 Å². The first-order valence-corrected chi connectivity index (χ1v) is 5.06. The predicted octanol–water partition coefficient (Wildman–Crippen LogP) is 1.75. The van der Waals surface area contributed by atoms with Crippen molar-refractivity contribution in [3.05, 3.63) is 34.3 Å². The van der Waals surface area contributed by atoms with Crippen LogP contribution in [0.4, 0.5) is 4.79 Å². The number of fused-ring (bicyclic) bond motifs is 1. The molecule has 1 unspecified atom stereocenters. The molecule has 1 heterocycles. The van der Waals surface area contributed by atoms with E-state index in [-0.39, 0.29) is 6.17 Å². The summed E-state index contributed by atoms with van der Waals surface area (Å²) in [6.45, 7) is 0.763. The van der Waals surface area contributed by atoms with E-state index in [0.29, 0.717) is 5.02 Å². The fourth-order valence-electron chi connectivity index (χ4n) is 1.78. The van der Waals surface area contributed by atoms with Crippen LogP contribution in [0.15, 0.2) is 18.2 Å². The molecule has 0 saturated carbocycles. The number of amides is 1. The van der Waals surface area contributed by atoms with E-state index in [2.05, 4.69) is 10.6 Å². The van der Waals surface area contributed by atoms with Crippen molar-refractivity contribution in [2.45, 2.75) is 12.6 Å². The zero-order valence-corrected chi connectivity index (χ0v) is 8.71. The van der Waals surface area contributed by atoms with Crippen LogP contribution in [-0.4, -0.2) is 17.7 Å². The van der Waals surface area contributed by atoms with Gasteiger partial charge >= 0.3 is 6.09 Å². The highest BCUT2D eigenvalue weighted by Gasteiger charge is 2.20. The summed E-state index contributed by atoms with van der Waals surface area (Å²) in [5, 5.41) is 14.8. The van der Waals surface area contributed by atoms with Gasteiger partial charge < -0.3 is 10.4 Å². The zero-order chi connectivity index (χ0) is 10.8. The van der Waals surface area contributed by atoms with E-state index >= 15 is 0 Å². The van der Waals surface area contributed by atoms with Crippen molar-refractivity contribution in [2.24, 2.45) is 0 Å². The third-order valence-electron chi connectivity index (χ3n) is 2.43. The molecule has 1 aliphatic heterocycles. The molecule has 4 nitrogen and oxygen atoms in total. The maximum Gasteiger partial charge on any atom is 0.406 e. The van der Waals surface area contributed by atoms with E-state index in [9.17, 15) is 4.79 Å². The molecule has 1 aromatic carbocycles. The topological polar surface area (TPSA) is 61.4 Å². The van der Waals surface area contributed by atoms with Gasteiger partial charge in [0.05, 0.1) is 0 Å². The van der Waals surface area contributed by atoms with Crippen LogP contribution in [0.3, 0.4) is 0 Å². The highest BCUT2D eigenvalue weighted by molar-refractivity contribution is 6.30. The number of carboxylic acid groups (broad SMARTS) is 1. The zero-order valence-electron chi connectivity index (χ0n) is 7.96. The molecule has 2 rings (SSSR count). The number of carbonyl (C=O) groups is 1. The molecule has 0 aliphatic carbocycles. The van der Waals surface area contributed by atoms with Gasteiger partial charge in [0, 0.05) is 11.6 Å². The molecular formula is C10H11ClN2O2. The fourth-order valence-corrected chi connectivity index (χ4v) is 1.96. The number of nitrogens with one attached hydrogen (secondary N) is 2. The van der Waals surface area contributed by atoms with Gasteiger partial charge in [-0.15, -0.1) is 0 Å². The number of hydrogen-bond acceptors (Lipinski definition) is 2. The van der Waals surface area contributed by atoms with Gasteiger partial charge in [0.1, 0.15) is 6.17 Å². The Labute approximate surface area is 92.2 Å². The van der Waals surface area contributed by atoms with E-state index in [0.717, 1.165) is 24.1 Å². The third-order valence-corrected chi connectivity index (χ3v) is 2.66. The van der Waals surface area contributed by atoms with Crippen molar-refractivity contribution in [2.75, 3.05) is 6.54 Å². The van der Waals surface area contributed by atoms with Crippen LogP contribution >= 0.6 is 11.6 Å². The molecule has 3 N–H and O–H groups in total. The second-order valence-corrected chi connectivity index (χ2v) is 3.87. The average Bonchev–Trinajstić information content (AvgIpc) is 2.18. The van der Waals surface area contributed by atoms with Crippen molar-refractivity contribution in [3.63, 3.8) is 0 Å². The van der Waals surface area contributed by atoms with Gasteiger partial charge in [0.25, 0.3) is 0 Å². The summed E-state index contributed by atoms with van der Waals surface area (Å²) in [6, 6.07) is 5.56. The Balaban J connectivity index is 2.32. The van der Waals surface area contributed by atoms with Gasteiger partial charge in [0.15, 0.2) is 0 Å². The number of benzene rings is 1. The molecule has 1 aromatic rings. The van der Waals surface area contributed by atoms with E-state index in [1.54, 1.807) is 6.07 Å². The van der Waals surface area contributed by atoms with E-state index in [1.165, 1.54) is 0 Å². The van der Waals surface area contributed by atoms with Crippen LogP contribution in [0.5, 0.6) is 0 Å². The summed E-state index contributed by atoms with van der Waals surface area (Å²) in [7, 11) is 0. The van der Waals surface area contributed by atoms with Crippen molar-refractivity contribution in [1.29, 1.82) is 0 Å². The number of rotatable bonds is 1. The highest BCUT2D eigenvalue weighted by Crippen LogP contribution is 2.24.